The van der Waals surface area contributed by atoms with Crippen LogP contribution >= 0.6 is 11.6 Å². The van der Waals surface area contributed by atoms with Gasteiger partial charge in [0.05, 0.1) is 10.7 Å². The molecule has 2 aromatic rings. The molecular weight excluding hydrogens is 377 g/mol. The zero-order valence-corrected chi connectivity index (χ0v) is 16.4. The number of nitrogens with zero attached hydrogens (tertiary/aromatic N) is 1. The fraction of sp³-hybridized carbons (Fsp3) is 0.304. The standard InChI is InChI=1S/C23H21ClFNO2/c1-2-14-6-8-15(9-7-14)17-13-22(28)26(16-10-11-19(25)18(24)12-16)20-4-3-5-21(27)23(17)20/h6-12,17H,2-5,13H2,1H3. The van der Waals surface area contributed by atoms with Crippen molar-refractivity contribution in [3.8, 4) is 0 Å². The Morgan fingerprint density at radius 1 is 1.11 bits per heavy atom. The van der Waals surface area contributed by atoms with Crippen molar-refractivity contribution in [2.45, 2.75) is 44.9 Å². The summed E-state index contributed by atoms with van der Waals surface area (Å²) in [5, 5.41) is -0.0353. The quantitative estimate of drug-likeness (QED) is 0.679. The van der Waals surface area contributed by atoms with Gasteiger partial charge in [0.1, 0.15) is 5.82 Å². The molecule has 1 aliphatic carbocycles. The number of carbonyl (C=O) groups is 2. The van der Waals surface area contributed by atoms with Crippen LogP contribution < -0.4 is 4.90 Å². The van der Waals surface area contributed by atoms with Crippen LogP contribution in [0, 0.1) is 5.82 Å². The molecular formula is C23H21ClFNO2. The summed E-state index contributed by atoms with van der Waals surface area (Å²) in [6.45, 7) is 2.09. The molecule has 1 atom stereocenters. The molecule has 2 aromatic carbocycles. The summed E-state index contributed by atoms with van der Waals surface area (Å²) in [5.74, 6) is -0.761. The second-order valence-corrected chi connectivity index (χ2v) is 7.72. The molecule has 0 radical (unpaired) electrons. The van der Waals surface area contributed by atoms with Crippen LogP contribution in [0.25, 0.3) is 0 Å². The second-order valence-electron chi connectivity index (χ2n) is 7.32. The highest BCUT2D eigenvalue weighted by molar-refractivity contribution is 6.31. The molecule has 0 spiro atoms. The van der Waals surface area contributed by atoms with Crippen molar-refractivity contribution in [2.75, 3.05) is 4.90 Å². The minimum Gasteiger partial charge on any atom is -0.294 e. The maximum atomic E-state index is 13.6. The molecule has 4 rings (SSSR count). The van der Waals surface area contributed by atoms with Gasteiger partial charge in [-0.2, -0.15) is 0 Å². The Kier molecular flexibility index (Phi) is 5.07. The first kappa shape index (κ1) is 18.9. The van der Waals surface area contributed by atoms with Gasteiger partial charge in [0.15, 0.2) is 5.78 Å². The van der Waals surface area contributed by atoms with E-state index in [9.17, 15) is 14.0 Å². The highest BCUT2D eigenvalue weighted by atomic mass is 35.5. The maximum absolute atomic E-state index is 13.6. The van der Waals surface area contributed by atoms with Gasteiger partial charge in [-0.25, -0.2) is 4.39 Å². The number of anilines is 1. The Labute approximate surface area is 168 Å². The van der Waals surface area contributed by atoms with Crippen molar-refractivity contribution in [2.24, 2.45) is 0 Å². The Bertz CT molecular complexity index is 981. The molecule has 5 heteroatoms. The summed E-state index contributed by atoms with van der Waals surface area (Å²) in [6, 6.07) is 12.4. The number of Topliss-reactive ketones (excluding diaryl/α,β-unsaturated/α-hetero) is 1. The molecule has 1 amide bonds. The number of amides is 1. The Morgan fingerprint density at radius 3 is 2.54 bits per heavy atom. The molecule has 1 aliphatic heterocycles. The highest BCUT2D eigenvalue weighted by Crippen LogP contribution is 2.43. The Balaban J connectivity index is 1.82. The van der Waals surface area contributed by atoms with Crippen LogP contribution in [0.5, 0.6) is 0 Å². The van der Waals surface area contributed by atoms with E-state index >= 15 is 0 Å². The highest BCUT2D eigenvalue weighted by Gasteiger charge is 2.39. The lowest BCUT2D eigenvalue weighted by Gasteiger charge is -2.38. The third-order valence-electron chi connectivity index (χ3n) is 5.63. The molecule has 0 fully saturated rings. The molecule has 28 heavy (non-hydrogen) atoms. The van der Waals surface area contributed by atoms with Crippen LogP contribution in [0.4, 0.5) is 10.1 Å². The fourth-order valence-electron chi connectivity index (χ4n) is 4.19. The van der Waals surface area contributed by atoms with Crippen LogP contribution in [0.2, 0.25) is 5.02 Å². The number of hydrogen-bond donors (Lipinski definition) is 0. The minimum absolute atomic E-state index is 0.0353. The van der Waals surface area contributed by atoms with Gasteiger partial charge in [-0.05, 0) is 48.6 Å². The average Bonchev–Trinajstić information content (AvgIpc) is 2.70. The number of benzene rings is 2. The third-order valence-corrected chi connectivity index (χ3v) is 5.92. The molecule has 1 heterocycles. The van der Waals surface area contributed by atoms with Gasteiger partial charge < -0.3 is 0 Å². The van der Waals surface area contributed by atoms with Crippen molar-refractivity contribution in [3.05, 3.63) is 75.7 Å². The Hall–Kier alpha value is -2.46. The Morgan fingerprint density at radius 2 is 1.86 bits per heavy atom. The first-order valence-electron chi connectivity index (χ1n) is 9.62. The fourth-order valence-corrected chi connectivity index (χ4v) is 4.36. The molecule has 0 bridgehead atoms. The molecule has 0 aromatic heterocycles. The number of ketones is 1. The van der Waals surface area contributed by atoms with E-state index in [0.717, 1.165) is 23.3 Å². The third kappa shape index (κ3) is 3.26. The minimum atomic E-state index is -0.530. The van der Waals surface area contributed by atoms with Crippen molar-refractivity contribution < 1.29 is 14.0 Å². The van der Waals surface area contributed by atoms with Crippen molar-refractivity contribution >= 4 is 29.0 Å². The van der Waals surface area contributed by atoms with Crippen LogP contribution in [-0.2, 0) is 16.0 Å². The van der Waals surface area contributed by atoms with E-state index in [1.54, 1.807) is 11.0 Å². The number of carbonyl (C=O) groups excluding carboxylic acids is 2. The van der Waals surface area contributed by atoms with Gasteiger partial charge in [0.25, 0.3) is 0 Å². The number of rotatable bonds is 3. The van der Waals surface area contributed by atoms with Gasteiger partial charge in [-0.15, -0.1) is 0 Å². The SMILES string of the molecule is CCc1ccc(C2CC(=O)N(c3ccc(F)c(Cl)c3)C3=C2C(=O)CCC3)cc1. The molecule has 144 valence electrons. The molecule has 2 aliphatic rings. The van der Waals surface area contributed by atoms with E-state index in [1.807, 2.05) is 12.1 Å². The lowest BCUT2D eigenvalue weighted by atomic mass is 9.77. The topological polar surface area (TPSA) is 37.4 Å². The number of aryl methyl sites for hydroxylation is 1. The summed E-state index contributed by atoms with van der Waals surface area (Å²) >= 11 is 5.94. The van der Waals surface area contributed by atoms with Crippen LogP contribution in [0.15, 0.2) is 53.7 Å². The van der Waals surface area contributed by atoms with Crippen molar-refractivity contribution in [3.63, 3.8) is 0 Å². The normalized spacial score (nSPS) is 19.8. The summed E-state index contributed by atoms with van der Waals surface area (Å²) in [4.78, 5) is 27.5. The van der Waals surface area contributed by atoms with E-state index < -0.39 is 5.82 Å². The zero-order valence-electron chi connectivity index (χ0n) is 15.7. The van der Waals surface area contributed by atoms with E-state index in [-0.39, 0.29) is 29.1 Å². The van der Waals surface area contributed by atoms with Gasteiger partial charge in [-0.1, -0.05) is 42.8 Å². The monoisotopic (exact) mass is 397 g/mol. The molecule has 3 nitrogen and oxygen atoms in total. The summed E-state index contributed by atoms with van der Waals surface area (Å²) in [5.41, 5.74) is 4.18. The molecule has 0 saturated carbocycles. The maximum Gasteiger partial charge on any atom is 0.232 e. The number of allylic oxidation sites excluding steroid dienone is 2. The largest absolute Gasteiger partial charge is 0.294 e. The predicted octanol–water partition coefficient (Wildman–Crippen LogP) is 5.57. The lowest BCUT2D eigenvalue weighted by Crippen LogP contribution is -2.40. The summed E-state index contributed by atoms with van der Waals surface area (Å²) in [7, 11) is 0. The van der Waals surface area contributed by atoms with Crippen LogP contribution in [0.1, 0.15) is 49.7 Å². The number of hydrogen-bond acceptors (Lipinski definition) is 2. The molecule has 0 N–H and O–H groups in total. The first-order valence-corrected chi connectivity index (χ1v) is 10.0. The number of halogens is 2. The van der Waals surface area contributed by atoms with Crippen LogP contribution in [-0.4, -0.2) is 11.7 Å². The van der Waals surface area contributed by atoms with Gasteiger partial charge in [0, 0.05) is 30.0 Å². The second kappa shape index (κ2) is 7.51. The summed E-state index contributed by atoms with van der Waals surface area (Å²) < 4.78 is 13.6. The van der Waals surface area contributed by atoms with E-state index in [0.29, 0.717) is 24.9 Å². The zero-order chi connectivity index (χ0) is 19.8. The predicted molar refractivity (Wildman–Crippen MR) is 108 cm³/mol. The van der Waals surface area contributed by atoms with Crippen molar-refractivity contribution in [1.29, 1.82) is 0 Å². The summed E-state index contributed by atoms with van der Waals surface area (Å²) in [6.07, 6.45) is 3.00. The van der Waals surface area contributed by atoms with Gasteiger partial charge in [0.2, 0.25) is 5.91 Å². The molecule has 0 saturated heterocycles. The first-order chi connectivity index (χ1) is 13.5. The van der Waals surface area contributed by atoms with E-state index in [1.165, 1.54) is 17.7 Å². The van der Waals surface area contributed by atoms with E-state index in [4.69, 9.17) is 11.6 Å². The van der Waals surface area contributed by atoms with Crippen LogP contribution in [0.3, 0.4) is 0 Å². The van der Waals surface area contributed by atoms with E-state index in [2.05, 4.69) is 19.1 Å². The van der Waals surface area contributed by atoms with Gasteiger partial charge >= 0.3 is 0 Å². The van der Waals surface area contributed by atoms with Gasteiger partial charge in [-0.3, -0.25) is 14.5 Å². The lowest BCUT2D eigenvalue weighted by molar-refractivity contribution is -0.119. The average molecular weight is 398 g/mol. The smallest absolute Gasteiger partial charge is 0.232 e. The molecule has 1 unspecified atom stereocenters. The van der Waals surface area contributed by atoms with Crippen molar-refractivity contribution in [1.82, 2.24) is 0 Å².